The van der Waals surface area contributed by atoms with Crippen LogP contribution in [0.4, 0.5) is 4.39 Å². The van der Waals surface area contributed by atoms with Crippen molar-refractivity contribution in [1.82, 2.24) is 0 Å². The average molecular weight is 257 g/mol. The maximum absolute atomic E-state index is 13.1. The molecule has 0 aromatic heterocycles. The van der Waals surface area contributed by atoms with Crippen LogP contribution in [0.15, 0.2) is 28.2 Å². The maximum atomic E-state index is 13.1. The van der Waals surface area contributed by atoms with Crippen molar-refractivity contribution in [2.75, 3.05) is 0 Å². The Morgan fingerprint density at radius 3 is 2.64 bits per heavy atom. The van der Waals surface area contributed by atoms with Gasteiger partial charge in [0.15, 0.2) is 5.78 Å². The second kappa shape index (κ2) is 4.51. The topological polar surface area (TPSA) is 17.1 Å². The molecule has 1 nitrogen and oxygen atoms in total. The number of carbonyl (C=O) groups excluding carboxylic acids is 1. The zero-order valence-corrected chi connectivity index (χ0v) is 9.56. The number of Topliss-reactive ketones (excluding diaryl/α,β-unsaturated/α-hetero) is 1. The molecule has 0 N–H and O–H groups in total. The zero-order chi connectivity index (χ0) is 10.7. The van der Waals surface area contributed by atoms with E-state index in [4.69, 9.17) is 0 Å². The summed E-state index contributed by atoms with van der Waals surface area (Å²) >= 11 is 3.13. The first kappa shape index (κ1) is 11.1. The molecule has 0 fully saturated rings. The number of benzene rings is 1. The average Bonchev–Trinajstić information content (AvgIpc) is 2.12. The Morgan fingerprint density at radius 1 is 1.43 bits per heavy atom. The van der Waals surface area contributed by atoms with E-state index in [1.807, 2.05) is 0 Å². The smallest absolute Gasteiger partial charge is 0.155 e. The fourth-order valence-electron chi connectivity index (χ4n) is 0.967. The molecule has 0 aliphatic rings. The van der Waals surface area contributed by atoms with E-state index in [0.717, 1.165) is 0 Å². The van der Waals surface area contributed by atoms with Gasteiger partial charge in [-0.05, 0) is 53.1 Å². The molecular formula is C11H10BrFO. The summed E-state index contributed by atoms with van der Waals surface area (Å²) < 4.78 is 13.5. The van der Waals surface area contributed by atoms with Gasteiger partial charge in [-0.15, -0.1) is 0 Å². The lowest BCUT2D eigenvalue weighted by Gasteiger charge is -2.00. The minimum absolute atomic E-state index is 0.0128. The van der Waals surface area contributed by atoms with Crippen LogP contribution < -0.4 is 0 Å². The fourth-order valence-corrected chi connectivity index (χ4v) is 1.35. The van der Waals surface area contributed by atoms with Crippen LogP contribution in [0.3, 0.4) is 0 Å². The summed E-state index contributed by atoms with van der Waals surface area (Å²) in [7, 11) is 0. The number of allylic oxidation sites excluding steroid dienone is 1. The summed E-state index contributed by atoms with van der Waals surface area (Å²) in [6, 6.07) is 4.73. The number of ketones is 1. The van der Waals surface area contributed by atoms with Gasteiger partial charge < -0.3 is 0 Å². The third kappa shape index (κ3) is 2.51. The summed E-state index contributed by atoms with van der Waals surface area (Å²) in [4.78, 5) is 11.0. The van der Waals surface area contributed by atoms with Crippen LogP contribution in [0.2, 0.25) is 0 Å². The molecule has 14 heavy (non-hydrogen) atoms. The van der Waals surface area contributed by atoms with Crippen molar-refractivity contribution in [3.63, 3.8) is 0 Å². The van der Waals surface area contributed by atoms with Crippen molar-refractivity contribution in [2.45, 2.75) is 13.8 Å². The van der Waals surface area contributed by atoms with Gasteiger partial charge >= 0.3 is 0 Å². The first-order valence-corrected chi connectivity index (χ1v) is 4.95. The Labute approximate surface area is 90.8 Å². The third-order valence-electron chi connectivity index (χ3n) is 1.91. The Balaban J connectivity index is 3.15. The Morgan fingerprint density at radius 2 is 2.07 bits per heavy atom. The quantitative estimate of drug-likeness (QED) is 0.740. The largest absolute Gasteiger partial charge is 0.295 e. The fraction of sp³-hybridized carbons (Fsp3) is 0.182. The van der Waals surface area contributed by atoms with Gasteiger partial charge in [-0.3, -0.25) is 4.79 Å². The van der Waals surface area contributed by atoms with Crippen molar-refractivity contribution in [3.8, 4) is 0 Å². The first-order chi connectivity index (χ1) is 6.52. The molecule has 0 atom stereocenters. The molecule has 0 radical (unpaired) electrons. The third-order valence-corrected chi connectivity index (χ3v) is 2.75. The molecule has 74 valence electrons. The number of hydrogen-bond acceptors (Lipinski definition) is 1. The molecule has 1 aromatic rings. The summed E-state index contributed by atoms with van der Waals surface area (Å²) in [5, 5.41) is 0. The molecule has 0 unspecified atom stereocenters. The molecule has 1 rings (SSSR count). The Kier molecular flexibility index (Phi) is 3.58. The lowest BCUT2D eigenvalue weighted by Crippen LogP contribution is -1.91. The van der Waals surface area contributed by atoms with Crippen LogP contribution in [0.1, 0.15) is 19.4 Å². The highest BCUT2D eigenvalue weighted by Gasteiger charge is 2.04. The molecule has 0 aliphatic heterocycles. The van der Waals surface area contributed by atoms with Gasteiger partial charge in [0.1, 0.15) is 5.82 Å². The van der Waals surface area contributed by atoms with Gasteiger partial charge in [-0.2, -0.15) is 0 Å². The van der Waals surface area contributed by atoms with Crippen LogP contribution in [0.5, 0.6) is 0 Å². The maximum Gasteiger partial charge on any atom is 0.155 e. The van der Waals surface area contributed by atoms with Crippen molar-refractivity contribution in [1.29, 1.82) is 0 Å². The normalized spacial score (nSPS) is 11.6. The highest BCUT2D eigenvalue weighted by molar-refractivity contribution is 9.10. The molecule has 0 amide bonds. The molecule has 0 aliphatic carbocycles. The van der Waals surface area contributed by atoms with E-state index >= 15 is 0 Å². The highest BCUT2D eigenvalue weighted by atomic mass is 79.9. The summed E-state index contributed by atoms with van der Waals surface area (Å²) in [6.45, 7) is 3.19. The first-order valence-electron chi connectivity index (χ1n) is 4.15. The summed E-state index contributed by atoms with van der Waals surface area (Å²) in [5.41, 5.74) is 1.29. The van der Waals surface area contributed by atoms with E-state index in [0.29, 0.717) is 15.6 Å². The summed E-state index contributed by atoms with van der Waals surface area (Å²) in [6.07, 6.45) is 1.66. The van der Waals surface area contributed by atoms with Crippen molar-refractivity contribution in [3.05, 3.63) is 39.6 Å². The molecule has 0 bridgehead atoms. The molecule has 1 aromatic carbocycles. The second-order valence-electron chi connectivity index (χ2n) is 3.03. The standard InChI is InChI=1S/C11H10BrFO/c1-7(8(2)14)6-9-4-3-5-10(13)11(9)12/h3-6H,1-2H3/b7-6+. The van der Waals surface area contributed by atoms with Crippen LogP contribution in [-0.2, 0) is 4.79 Å². The SMILES string of the molecule is CC(=O)/C(C)=C/c1cccc(F)c1Br. The van der Waals surface area contributed by atoms with E-state index in [1.165, 1.54) is 13.0 Å². The van der Waals surface area contributed by atoms with E-state index in [-0.39, 0.29) is 11.6 Å². The highest BCUT2D eigenvalue weighted by Crippen LogP contribution is 2.22. The van der Waals surface area contributed by atoms with E-state index < -0.39 is 0 Å². The van der Waals surface area contributed by atoms with Gasteiger partial charge in [-0.1, -0.05) is 12.1 Å². The van der Waals surface area contributed by atoms with E-state index in [9.17, 15) is 9.18 Å². The zero-order valence-electron chi connectivity index (χ0n) is 7.97. The van der Waals surface area contributed by atoms with E-state index in [2.05, 4.69) is 15.9 Å². The molecule has 0 spiro atoms. The van der Waals surface area contributed by atoms with Crippen LogP contribution in [-0.4, -0.2) is 5.78 Å². The van der Waals surface area contributed by atoms with Crippen molar-refractivity contribution in [2.24, 2.45) is 0 Å². The van der Waals surface area contributed by atoms with Gasteiger partial charge in [-0.25, -0.2) is 4.39 Å². The lowest BCUT2D eigenvalue weighted by molar-refractivity contribution is -0.113. The van der Waals surface area contributed by atoms with Crippen molar-refractivity contribution >= 4 is 27.8 Å². The minimum Gasteiger partial charge on any atom is -0.295 e. The molecule has 0 saturated heterocycles. The number of halogens is 2. The molecule has 3 heteroatoms. The molecule has 0 heterocycles. The summed E-state index contributed by atoms with van der Waals surface area (Å²) in [5.74, 6) is -0.337. The Hall–Kier alpha value is -0.960. The van der Waals surface area contributed by atoms with Crippen LogP contribution in [0, 0.1) is 5.82 Å². The molecule has 0 saturated carbocycles. The predicted molar refractivity (Wildman–Crippen MR) is 58.4 cm³/mol. The number of carbonyl (C=O) groups is 1. The van der Waals surface area contributed by atoms with Crippen LogP contribution >= 0.6 is 15.9 Å². The second-order valence-corrected chi connectivity index (χ2v) is 3.82. The van der Waals surface area contributed by atoms with Gasteiger partial charge in [0.05, 0.1) is 4.47 Å². The van der Waals surface area contributed by atoms with Crippen molar-refractivity contribution < 1.29 is 9.18 Å². The Bertz CT molecular complexity index is 396. The van der Waals surface area contributed by atoms with Gasteiger partial charge in [0.25, 0.3) is 0 Å². The number of rotatable bonds is 2. The predicted octanol–water partition coefficient (Wildman–Crippen LogP) is 3.58. The van der Waals surface area contributed by atoms with Crippen LogP contribution in [0.25, 0.3) is 6.08 Å². The van der Waals surface area contributed by atoms with Gasteiger partial charge in [0.2, 0.25) is 0 Å². The van der Waals surface area contributed by atoms with Gasteiger partial charge in [0, 0.05) is 0 Å². The monoisotopic (exact) mass is 256 g/mol. The minimum atomic E-state index is -0.324. The number of hydrogen-bond donors (Lipinski definition) is 0. The lowest BCUT2D eigenvalue weighted by atomic mass is 10.1. The van der Waals surface area contributed by atoms with E-state index in [1.54, 1.807) is 25.1 Å². The molecular weight excluding hydrogens is 247 g/mol.